The van der Waals surface area contributed by atoms with Gasteiger partial charge in [-0.2, -0.15) is 0 Å². The number of hydrogen-bond donors (Lipinski definition) is 1. The van der Waals surface area contributed by atoms with E-state index in [1.807, 2.05) is 0 Å². The summed E-state index contributed by atoms with van der Waals surface area (Å²) in [6, 6.07) is 0. The predicted octanol–water partition coefficient (Wildman–Crippen LogP) is -0.987. The second-order valence-corrected chi connectivity index (χ2v) is 6.03. The summed E-state index contributed by atoms with van der Waals surface area (Å²) in [5.41, 5.74) is -0.370. The molecule has 0 aliphatic carbocycles. The van der Waals surface area contributed by atoms with Crippen molar-refractivity contribution < 1.29 is 13.2 Å². The number of hydrogen-bond acceptors (Lipinski definition) is 6. The highest BCUT2D eigenvalue weighted by atomic mass is 32.2. The average molecular weight is 259 g/mol. The number of anilines is 1. The van der Waals surface area contributed by atoms with Crippen LogP contribution < -0.4 is 15.2 Å². The smallest absolute Gasteiger partial charge is 0.295 e. The number of aromatic amines is 1. The molecule has 1 N–H and O–H groups in total. The minimum atomic E-state index is -2.95. The number of sulfone groups is 1. The summed E-state index contributed by atoms with van der Waals surface area (Å²) in [6.07, 6.45) is 1.28. The first-order chi connectivity index (χ1) is 8.03. The molecule has 1 aromatic rings. The Labute approximate surface area is 98.3 Å². The Bertz CT molecular complexity index is 552. The molecule has 17 heavy (non-hydrogen) atoms. The van der Waals surface area contributed by atoms with Gasteiger partial charge in [-0.1, -0.05) is 0 Å². The van der Waals surface area contributed by atoms with Crippen molar-refractivity contribution in [2.75, 3.05) is 36.6 Å². The summed E-state index contributed by atoms with van der Waals surface area (Å²) in [7, 11) is -1.56. The van der Waals surface area contributed by atoms with Crippen LogP contribution in [0.5, 0.6) is 5.75 Å². The molecule has 0 spiro atoms. The summed E-state index contributed by atoms with van der Waals surface area (Å²) in [5.74, 6) is 0.660. The lowest BCUT2D eigenvalue weighted by Crippen LogP contribution is -2.41. The van der Waals surface area contributed by atoms with Crippen LogP contribution in [0.3, 0.4) is 0 Å². The van der Waals surface area contributed by atoms with Gasteiger partial charge in [0.25, 0.3) is 5.56 Å². The molecular weight excluding hydrogens is 246 g/mol. The van der Waals surface area contributed by atoms with E-state index in [2.05, 4.69) is 9.97 Å². The summed E-state index contributed by atoms with van der Waals surface area (Å²) < 4.78 is 27.6. The van der Waals surface area contributed by atoms with Gasteiger partial charge in [-0.3, -0.25) is 4.79 Å². The Morgan fingerprint density at radius 2 is 2.06 bits per heavy atom. The van der Waals surface area contributed by atoms with E-state index in [1.165, 1.54) is 13.4 Å². The molecule has 0 aromatic carbocycles. The van der Waals surface area contributed by atoms with E-state index in [9.17, 15) is 13.2 Å². The highest BCUT2D eigenvalue weighted by molar-refractivity contribution is 7.91. The molecule has 1 saturated heterocycles. The van der Waals surface area contributed by atoms with E-state index in [4.69, 9.17) is 4.74 Å². The SMILES string of the molecule is COc1c(N2CCS(=O)(=O)CC2)nc[nH]c1=O. The third kappa shape index (κ3) is 2.41. The highest BCUT2D eigenvalue weighted by Crippen LogP contribution is 2.21. The van der Waals surface area contributed by atoms with Crippen LogP contribution in [0, 0.1) is 0 Å². The Hall–Kier alpha value is -1.57. The maximum atomic E-state index is 11.5. The van der Waals surface area contributed by atoms with Gasteiger partial charge < -0.3 is 14.6 Å². The van der Waals surface area contributed by atoms with E-state index in [0.29, 0.717) is 18.9 Å². The lowest BCUT2D eigenvalue weighted by atomic mass is 10.4. The quantitative estimate of drug-likeness (QED) is 0.733. The van der Waals surface area contributed by atoms with Crippen LogP contribution in [0.15, 0.2) is 11.1 Å². The average Bonchev–Trinajstić information content (AvgIpc) is 2.29. The zero-order chi connectivity index (χ0) is 12.5. The van der Waals surface area contributed by atoms with Crippen LogP contribution in [0.2, 0.25) is 0 Å². The molecule has 7 nitrogen and oxygen atoms in total. The molecule has 0 unspecified atom stereocenters. The summed E-state index contributed by atoms with van der Waals surface area (Å²) in [5, 5.41) is 0. The number of nitrogens with zero attached hydrogens (tertiary/aromatic N) is 2. The van der Waals surface area contributed by atoms with E-state index >= 15 is 0 Å². The lowest BCUT2D eigenvalue weighted by Gasteiger charge is -2.28. The number of rotatable bonds is 2. The molecule has 0 atom stereocenters. The largest absolute Gasteiger partial charge is 0.489 e. The number of nitrogens with one attached hydrogen (secondary N) is 1. The first-order valence-corrected chi connectivity index (χ1v) is 6.93. The Balaban J connectivity index is 2.30. The van der Waals surface area contributed by atoms with Crippen LogP contribution in [0.1, 0.15) is 0 Å². The molecule has 2 rings (SSSR count). The van der Waals surface area contributed by atoms with E-state index in [1.54, 1.807) is 4.90 Å². The molecule has 2 heterocycles. The topological polar surface area (TPSA) is 92.4 Å². The van der Waals surface area contributed by atoms with E-state index in [-0.39, 0.29) is 22.8 Å². The van der Waals surface area contributed by atoms with Crippen molar-refractivity contribution in [2.45, 2.75) is 0 Å². The van der Waals surface area contributed by atoms with Crippen LogP contribution in [0.4, 0.5) is 5.82 Å². The van der Waals surface area contributed by atoms with Gasteiger partial charge in [0.2, 0.25) is 5.75 Å². The second-order valence-electron chi connectivity index (χ2n) is 3.73. The molecule has 8 heteroatoms. The van der Waals surface area contributed by atoms with Crippen LogP contribution in [0.25, 0.3) is 0 Å². The van der Waals surface area contributed by atoms with Crippen molar-refractivity contribution in [2.24, 2.45) is 0 Å². The van der Waals surface area contributed by atoms with Crippen molar-refractivity contribution in [3.05, 3.63) is 16.7 Å². The number of methoxy groups -OCH3 is 1. The monoisotopic (exact) mass is 259 g/mol. The van der Waals surface area contributed by atoms with Gasteiger partial charge in [0.15, 0.2) is 15.7 Å². The van der Waals surface area contributed by atoms with Crippen molar-refractivity contribution in [1.82, 2.24) is 9.97 Å². The summed E-state index contributed by atoms with van der Waals surface area (Å²) in [4.78, 5) is 19.7. The number of H-pyrrole nitrogens is 1. The van der Waals surface area contributed by atoms with Gasteiger partial charge in [0.05, 0.1) is 24.9 Å². The molecule has 0 radical (unpaired) electrons. The maximum absolute atomic E-state index is 11.5. The third-order valence-corrected chi connectivity index (χ3v) is 4.25. The lowest BCUT2D eigenvalue weighted by molar-refractivity contribution is 0.405. The zero-order valence-corrected chi connectivity index (χ0v) is 10.2. The first-order valence-electron chi connectivity index (χ1n) is 5.10. The van der Waals surface area contributed by atoms with Gasteiger partial charge in [0.1, 0.15) is 0 Å². The van der Waals surface area contributed by atoms with Crippen molar-refractivity contribution in [3.8, 4) is 5.75 Å². The molecule has 1 aliphatic heterocycles. The Morgan fingerprint density at radius 3 is 2.65 bits per heavy atom. The van der Waals surface area contributed by atoms with Gasteiger partial charge >= 0.3 is 0 Å². The van der Waals surface area contributed by atoms with Crippen LogP contribution >= 0.6 is 0 Å². The fraction of sp³-hybridized carbons (Fsp3) is 0.556. The molecule has 1 fully saturated rings. The summed E-state index contributed by atoms with van der Waals surface area (Å²) in [6.45, 7) is 0.657. The van der Waals surface area contributed by atoms with Gasteiger partial charge in [-0.05, 0) is 0 Å². The zero-order valence-electron chi connectivity index (χ0n) is 9.34. The minimum Gasteiger partial charge on any atom is -0.489 e. The Morgan fingerprint density at radius 1 is 1.41 bits per heavy atom. The predicted molar refractivity (Wildman–Crippen MR) is 62.3 cm³/mol. The van der Waals surface area contributed by atoms with Crippen LogP contribution in [-0.2, 0) is 9.84 Å². The fourth-order valence-corrected chi connectivity index (χ4v) is 2.91. The highest BCUT2D eigenvalue weighted by Gasteiger charge is 2.25. The number of aromatic nitrogens is 2. The minimum absolute atomic E-state index is 0.0740. The molecule has 0 bridgehead atoms. The van der Waals surface area contributed by atoms with Gasteiger partial charge in [-0.25, -0.2) is 13.4 Å². The molecule has 94 valence electrons. The van der Waals surface area contributed by atoms with Crippen molar-refractivity contribution in [1.29, 1.82) is 0 Å². The number of ether oxygens (including phenoxy) is 1. The molecule has 1 aromatic heterocycles. The molecular formula is C9H13N3O4S. The van der Waals surface area contributed by atoms with Gasteiger partial charge in [-0.15, -0.1) is 0 Å². The molecule has 0 saturated carbocycles. The standard InChI is InChI=1S/C9H13N3O4S/c1-16-7-8(10-6-11-9(7)13)12-2-4-17(14,15)5-3-12/h6H,2-5H2,1H3,(H,10,11,13). The normalized spacial score (nSPS) is 19.0. The summed E-state index contributed by atoms with van der Waals surface area (Å²) >= 11 is 0. The molecule has 1 aliphatic rings. The van der Waals surface area contributed by atoms with Crippen LogP contribution in [-0.4, -0.2) is 50.1 Å². The fourth-order valence-electron chi connectivity index (χ4n) is 1.71. The third-order valence-electron chi connectivity index (χ3n) is 2.64. The maximum Gasteiger partial charge on any atom is 0.295 e. The second kappa shape index (κ2) is 4.36. The van der Waals surface area contributed by atoms with Crippen molar-refractivity contribution >= 4 is 15.7 Å². The van der Waals surface area contributed by atoms with E-state index in [0.717, 1.165) is 0 Å². The van der Waals surface area contributed by atoms with Gasteiger partial charge in [0, 0.05) is 13.1 Å². The van der Waals surface area contributed by atoms with E-state index < -0.39 is 9.84 Å². The molecule has 0 amide bonds. The van der Waals surface area contributed by atoms with Crippen molar-refractivity contribution in [3.63, 3.8) is 0 Å². The first kappa shape index (κ1) is 11.9. The Kier molecular flexibility index (Phi) is 3.05.